The van der Waals surface area contributed by atoms with Gasteiger partial charge in [0.25, 0.3) is 5.91 Å². The molecule has 0 bridgehead atoms. The molecule has 0 spiro atoms. The highest BCUT2D eigenvalue weighted by Gasteiger charge is 2.35. The molecule has 2 aromatic carbocycles. The lowest BCUT2D eigenvalue weighted by Gasteiger charge is -2.37. The monoisotopic (exact) mass is 549 g/mol. The molecule has 0 aliphatic carbocycles. The minimum atomic E-state index is -4.44. The van der Waals surface area contributed by atoms with E-state index in [2.05, 4.69) is 15.2 Å². The largest absolute Gasteiger partial charge is 0.418 e. The van der Waals surface area contributed by atoms with Crippen LogP contribution in [0.15, 0.2) is 54.7 Å². The molecule has 1 fully saturated rings. The van der Waals surface area contributed by atoms with Gasteiger partial charge in [-0.05, 0) is 42.0 Å². The number of piperazine rings is 1. The van der Waals surface area contributed by atoms with Gasteiger partial charge in [0.15, 0.2) is 0 Å². The fraction of sp³-hybridized carbons (Fsp3) is 0.308. The smallest absolute Gasteiger partial charge is 0.367 e. The minimum absolute atomic E-state index is 0.138. The van der Waals surface area contributed by atoms with Crippen LogP contribution in [0, 0.1) is 0 Å². The molecule has 2 aliphatic heterocycles. The Kier molecular flexibility index (Phi) is 7.09. The second-order valence-corrected chi connectivity index (χ2v) is 9.81. The maximum absolute atomic E-state index is 13.5. The summed E-state index contributed by atoms with van der Waals surface area (Å²) in [6.07, 6.45) is -2.90. The van der Waals surface area contributed by atoms with Crippen LogP contribution in [0.1, 0.15) is 21.5 Å². The van der Waals surface area contributed by atoms with Gasteiger partial charge in [0.2, 0.25) is 0 Å². The van der Waals surface area contributed by atoms with Crippen LogP contribution in [0.5, 0.6) is 0 Å². The summed E-state index contributed by atoms with van der Waals surface area (Å²) in [7, 11) is 0. The molecule has 1 N–H and O–H groups in total. The number of anilines is 3. The van der Waals surface area contributed by atoms with Crippen LogP contribution in [0.2, 0.25) is 10.0 Å². The van der Waals surface area contributed by atoms with Crippen molar-refractivity contribution in [1.82, 2.24) is 9.88 Å². The van der Waals surface area contributed by atoms with Crippen molar-refractivity contribution in [1.29, 1.82) is 0 Å². The molecule has 11 heteroatoms. The molecule has 2 aliphatic rings. The Morgan fingerprint density at radius 3 is 2.49 bits per heavy atom. The number of nitrogens with one attached hydrogen (secondary N) is 1. The average Bonchev–Trinajstić information content (AvgIpc) is 2.90. The van der Waals surface area contributed by atoms with Crippen molar-refractivity contribution in [2.45, 2.75) is 12.7 Å². The zero-order valence-corrected chi connectivity index (χ0v) is 21.2. The topological polar surface area (TPSA) is 51.7 Å². The summed E-state index contributed by atoms with van der Waals surface area (Å²) in [4.78, 5) is 23.2. The van der Waals surface area contributed by atoms with Gasteiger partial charge in [0, 0.05) is 67.7 Å². The summed E-state index contributed by atoms with van der Waals surface area (Å²) < 4.78 is 40.4. The van der Waals surface area contributed by atoms with Crippen molar-refractivity contribution >= 4 is 46.3 Å². The maximum atomic E-state index is 13.5. The van der Waals surface area contributed by atoms with Crippen molar-refractivity contribution in [2.75, 3.05) is 54.4 Å². The van der Waals surface area contributed by atoms with Crippen LogP contribution in [-0.4, -0.2) is 55.1 Å². The first-order chi connectivity index (χ1) is 17.7. The standard InChI is InChI=1S/C26H24Cl2F3N5O/c27-19-5-6-21(28)18(13-19)16-36-8-7-32-24-23(36)14-17(15-33-24)25(37)35-11-9-34(10-12-35)22-4-2-1-3-20(22)26(29,30)31/h1-6,13-15H,7-12,16H2,(H,32,33). The van der Waals surface area contributed by atoms with Crippen molar-refractivity contribution in [3.8, 4) is 0 Å². The summed E-state index contributed by atoms with van der Waals surface area (Å²) in [5, 5.41) is 4.45. The fourth-order valence-corrected chi connectivity index (χ4v) is 5.11. The van der Waals surface area contributed by atoms with E-state index in [1.54, 1.807) is 34.1 Å². The summed E-state index contributed by atoms with van der Waals surface area (Å²) in [5.74, 6) is 0.472. The average molecular weight is 550 g/mol. The van der Waals surface area contributed by atoms with Crippen LogP contribution in [0.3, 0.4) is 0 Å². The highest BCUT2D eigenvalue weighted by atomic mass is 35.5. The van der Waals surface area contributed by atoms with Crippen LogP contribution in [-0.2, 0) is 12.7 Å². The minimum Gasteiger partial charge on any atom is -0.367 e. The molecule has 37 heavy (non-hydrogen) atoms. The number of rotatable bonds is 4. The van der Waals surface area contributed by atoms with Gasteiger partial charge in [-0.1, -0.05) is 35.3 Å². The van der Waals surface area contributed by atoms with Crippen LogP contribution in [0.4, 0.5) is 30.4 Å². The van der Waals surface area contributed by atoms with Gasteiger partial charge in [0.05, 0.1) is 16.8 Å². The van der Waals surface area contributed by atoms with Gasteiger partial charge in [-0.15, -0.1) is 0 Å². The van der Waals surface area contributed by atoms with Crippen molar-refractivity contribution < 1.29 is 18.0 Å². The van der Waals surface area contributed by atoms with Crippen LogP contribution in [0.25, 0.3) is 0 Å². The Bertz CT molecular complexity index is 1310. The number of aromatic nitrogens is 1. The van der Waals surface area contributed by atoms with Gasteiger partial charge in [-0.2, -0.15) is 13.2 Å². The highest BCUT2D eigenvalue weighted by Crippen LogP contribution is 2.37. The third-order valence-corrected chi connectivity index (χ3v) is 7.22. The maximum Gasteiger partial charge on any atom is 0.418 e. The molecular weight excluding hydrogens is 526 g/mol. The zero-order valence-electron chi connectivity index (χ0n) is 19.7. The number of pyridine rings is 1. The molecular formula is C26H24Cl2F3N5O. The van der Waals surface area contributed by atoms with Gasteiger partial charge in [0.1, 0.15) is 5.82 Å². The van der Waals surface area contributed by atoms with E-state index in [1.807, 2.05) is 6.07 Å². The normalized spacial score (nSPS) is 15.9. The number of halogens is 5. The number of carbonyl (C=O) groups is 1. The molecule has 0 radical (unpaired) electrons. The van der Waals surface area contributed by atoms with E-state index in [9.17, 15) is 18.0 Å². The number of hydrogen-bond acceptors (Lipinski definition) is 5. The molecule has 1 saturated heterocycles. The zero-order chi connectivity index (χ0) is 26.2. The number of carbonyl (C=O) groups excluding carboxylic acids is 1. The van der Waals surface area contributed by atoms with Crippen LogP contribution >= 0.6 is 23.2 Å². The van der Waals surface area contributed by atoms with Gasteiger partial charge in [-0.25, -0.2) is 4.98 Å². The molecule has 5 rings (SSSR count). The first kappa shape index (κ1) is 25.5. The second-order valence-electron chi connectivity index (χ2n) is 8.97. The Morgan fingerprint density at radius 1 is 0.973 bits per heavy atom. The van der Waals surface area contributed by atoms with Crippen molar-refractivity contribution in [2.24, 2.45) is 0 Å². The summed E-state index contributed by atoms with van der Waals surface area (Å²) in [6, 6.07) is 12.7. The number of hydrogen-bond donors (Lipinski definition) is 1. The lowest BCUT2D eigenvalue weighted by atomic mass is 10.1. The summed E-state index contributed by atoms with van der Waals surface area (Å²) in [6.45, 7) is 3.10. The fourth-order valence-electron chi connectivity index (χ4n) is 4.73. The third-order valence-electron chi connectivity index (χ3n) is 6.62. The van der Waals surface area contributed by atoms with Crippen molar-refractivity contribution in [3.05, 3.63) is 81.5 Å². The van der Waals surface area contributed by atoms with Gasteiger partial charge in [-0.3, -0.25) is 4.79 Å². The Morgan fingerprint density at radius 2 is 1.73 bits per heavy atom. The SMILES string of the molecule is O=C(c1cnc2c(c1)N(Cc1cc(Cl)ccc1Cl)CCN2)N1CCN(c2ccccc2C(F)(F)F)CC1. The lowest BCUT2D eigenvalue weighted by molar-refractivity contribution is -0.137. The quantitative estimate of drug-likeness (QED) is 0.445. The summed E-state index contributed by atoms with van der Waals surface area (Å²) >= 11 is 12.5. The van der Waals surface area contributed by atoms with E-state index in [0.29, 0.717) is 67.2 Å². The first-order valence-corrected chi connectivity index (χ1v) is 12.6. The van der Waals surface area contributed by atoms with E-state index >= 15 is 0 Å². The number of amides is 1. The molecule has 194 valence electrons. The number of alkyl halides is 3. The number of para-hydroxylation sites is 1. The van der Waals surface area contributed by atoms with E-state index in [1.165, 1.54) is 18.3 Å². The number of fused-ring (bicyclic) bond motifs is 1. The van der Waals surface area contributed by atoms with E-state index < -0.39 is 11.7 Å². The van der Waals surface area contributed by atoms with Gasteiger partial charge >= 0.3 is 6.18 Å². The molecule has 1 amide bonds. The predicted molar refractivity (Wildman–Crippen MR) is 140 cm³/mol. The van der Waals surface area contributed by atoms with Gasteiger partial charge < -0.3 is 20.0 Å². The Balaban J connectivity index is 1.31. The van der Waals surface area contributed by atoms with E-state index in [-0.39, 0.29) is 11.6 Å². The molecule has 6 nitrogen and oxygen atoms in total. The predicted octanol–water partition coefficient (Wildman–Crippen LogP) is 5.80. The molecule has 0 unspecified atom stereocenters. The van der Waals surface area contributed by atoms with Crippen LogP contribution < -0.4 is 15.1 Å². The molecule has 1 aromatic heterocycles. The Hall–Kier alpha value is -3.17. The van der Waals surface area contributed by atoms with Crippen molar-refractivity contribution in [3.63, 3.8) is 0 Å². The lowest BCUT2D eigenvalue weighted by Crippen LogP contribution is -2.49. The molecule has 0 saturated carbocycles. The molecule has 3 heterocycles. The number of nitrogens with zero attached hydrogens (tertiary/aromatic N) is 4. The van der Waals surface area contributed by atoms with E-state index in [0.717, 1.165) is 17.3 Å². The number of benzene rings is 2. The summed E-state index contributed by atoms with van der Waals surface area (Å²) in [5.41, 5.74) is 1.55. The second kappa shape index (κ2) is 10.3. The van der Waals surface area contributed by atoms with E-state index in [4.69, 9.17) is 23.2 Å². The highest BCUT2D eigenvalue weighted by molar-refractivity contribution is 6.33. The first-order valence-electron chi connectivity index (χ1n) is 11.8. The molecule has 3 aromatic rings. The Labute approximate surface area is 222 Å². The molecule has 0 atom stereocenters. The third kappa shape index (κ3) is 5.43.